The summed E-state index contributed by atoms with van der Waals surface area (Å²) in [5.74, 6) is -1.04. The number of carboxylic acids is 1. The highest BCUT2D eigenvalue weighted by molar-refractivity contribution is 5.93. The molecule has 1 aromatic rings. The minimum Gasteiger partial charge on any atom is -0.478 e. The first-order valence-electron chi connectivity index (χ1n) is 5.16. The third-order valence-electron chi connectivity index (χ3n) is 2.63. The molecule has 0 saturated carbocycles. The average molecular weight is 232 g/mol. The Morgan fingerprint density at radius 1 is 1.29 bits per heavy atom. The number of benzene rings is 1. The summed E-state index contributed by atoms with van der Waals surface area (Å²) in [5.41, 5.74) is 1.28. The smallest absolute Gasteiger partial charge is 0.335 e. The molecule has 1 atom stereocenters. The van der Waals surface area contributed by atoms with Crippen molar-refractivity contribution in [2.75, 3.05) is 0 Å². The van der Waals surface area contributed by atoms with E-state index in [1.807, 2.05) is 6.07 Å². The summed E-state index contributed by atoms with van der Waals surface area (Å²) in [5, 5.41) is 14.2. The second-order valence-corrected chi connectivity index (χ2v) is 3.79. The molecule has 17 heavy (non-hydrogen) atoms. The van der Waals surface area contributed by atoms with Gasteiger partial charge in [-0.3, -0.25) is 0 Å². The Kier molecular flexibility index (Phi) is 2.82. The zero-order valence-electron chi connectivity index (χ0n) is 9.23. The Morgan fingerprint density at radius 3 is 2.53 bits per heavy atom. The molecule has 0 fully saturated rings. The molecule has 1 heterocycles. The van der Waals surface area contributed by atoms with Crippen LogP contribution in [0.25, 0.3) is 0 Å². The number of carbonyl (C=O) groups excluding carboxylic acids is 1. The van der Waals surface area contributed by atoms with Crippen LogP contribution in [0.1, 0.15) is 18.5 Å². The van der Waals surface area contributed by atoms with Crippen molar-refractivity contribution in [3.05, 3.63) is 47.2 Å². The Bertz CT molecular complexity index is 494. The van der Waals surface area contributed by atoms with Crippen LogP contribution in [0.5, 0.6) is 0 Å². The summed E-state index contributed by atoms with van der Waals surface area (Å²) in [4.78, 5) is 22.6. The molecular weight excluding hydrogens is 220 g/mol. The third-order valence-corrected chi connectivity index (χ3v) is 2.63. The van der Waals surface area contributed by atoms with Gasteiger partial charge in [-0.15, -0.1) is 0 Å². The summed E-state index contributed by atoms with van der Waals surface area (Å²) < 4.78 is 0. The van der Waals surface area contributed by atoms with Crippen LogP contribution in [0.3, 0.4) is 0 Å². The van der Waals surface area contributed by atoms with Crippen LogP contribution in [0.4, 0.5) is 4.79 Å². The van der Waals surface area contributed by atoms with Gasteiger partial charge in [-0.25, -0.2) is 9.59 Å². The molecule has 2 amide bonds. The predicted molar refractivity (Wildman–Crippen MR) is 61.2 cm³/mol. The van der Waals surface area contributed by atoms with Gasteiger partial charge in [0, 0.05) is 5.70 Å². The Hall–Kier alpha value is -2.30. The minimum absolute atomic E-state index is 0.163. The second kappa shape index (κ2) is 4.29. The lowest BCUT2D eigenvalue weighted by molar-refractivity contribution is -0.133. The predicted octanol–water partition coefficient (Wildman–Crippen LogP) is 1.40. The lowest BCUT2D eigenvalue weighted by Gasteiger charge is -2.26. The lowest BCUT2D eigenvalue weighted by Crippen LogP contribution is -2.45. The zero-order chi connectivity index (χ0) is 12.4. The average Bonchev–Trinajstić information content (AvgIpc) is 2.28. The summed E-state index contributed by atoms with van der Waals surface area (Å²) in [6, 6.07) is 8.02. The van der Waals surface area contributed by atoms with Crippen molar-refractivity contribution in [2.24, 2.45) is 0 Å². The lowest BCUT2D eigenvalue weighted by atomic mass is 9.96. The third kappa shape index (κ3) is 2.13. The van der Waals surface area contributed by atoms with E-state index in [4.69, 9.17) is 0 Å². The number of rotatable bonds is 2. The highest BCUT2D eigenvalue weighted by atomic mass is 16.4. The topological polar surface area (TPSA) is 78.4 Å². The molecule has 5 nitrogen and oxygen atoms in total. The highest BCUT2D eigenvalue weighted by Gasteiger charge is 2.30. The zero-order valence-corrected chi connectivity index (χ0v) is 9.23. The van der Waals surface area contributed by atoms with Gasteiger partial charge in [-0.05, 0) is 12.5 Å². The molecule has 0 saturated heterocycles. The fourth-order valence-electron chi connectivity index (χ4n) is 1.87. The van der Waals surface area contributed by atoms with Gasteiger partial charge in [0.2, 0.25) is 0 Å². The van der Waals surface area contributed by atoms with Gasteiger partial charge >= 0.3 is 12.0 Å². The molecule has 1 aliphatic heterocycles. The molecule has 5 heteroatoms. The molecule has 0 aliphatic carbocycles. The van der Waals surface area contributed by atoms with Crippen molar-refractivity contribution < 1.29 is 14.7 Å². The minimum atomic E-state index is -1.04. The maximum Gasteiger partial charge on any atom is 0.335 e. The van der Waals surface area contributed by atoms with E-state index in [-0.39, 0.29) is 11.6 Å². The fraction of sp³-hybridized carbons (Fsp3) is 0.167. The van der Waals surface area contributed by atoms with Crippen molar-refractivity contribution in [2.45, 2.75) is 13.0 Å². The largest absolute Gasteiger partial charge is 0.478 e. The summed E-state index contributed by atoms with van der Waals surface area (Å²) >= 11 is 0. The van der Waals surface area contributed by atoms with E-state index in [2.05, 4.69) is 10.6 Å². The number of carbonyl (C=O) groups is 2. The highest BCUT2D eigenvalue weighted by Crippen LogP contribution is 2.26. The van der Waals surface area contributed by atoms with Crippen LogP contribution in [0, 0.1) is 0 Å². The van der Waals surface area contributed by atoms with Gasteiger partial charge in [0.05, 0.1) is 11.6 Å². The molecule has 1 aromatic carbocycles. The van der Waals surface area contributed by atoms with Gasteiger partial charge in [-0.2, -0.15) is 0 Å². The van der Waals surface area contributed by atoms with Crippen molar-refractivity contribution in [3.63, 3.8) is 0 Å². The molecule has 0 unspecified atom stereocenters. The van der Waals surface area contributed by atoms with E-state index < -0.39 is 12.0 Å². The van der Waals surface area contributed by atoms with Crippen molar-refractivity contribution in [1.29, 1.82) is 0 Å². The first-order chi connectivity index (χ1) is 8.09. The van der Waals surface area contributed by atoms with E-state index >= 15 is 0 Å². The number of hydrogen-bond acceptors (Lipinski definition) is 2. The monoisotopic (exact) mass is 232 g/mol. The standard InChI is InChI=1S/C12H12N2O3/c1-7-9(11(15)16)10(14-12(17)13-7)8-5-3-2-4-6-8/h2-6,10H,1H3,(H,15,16)(H2,13,14,17)/t10-/m0/s1. The molecule has 0 bridgehead atoms. The summed E-state index contributed by atoms with van der Waals surface area (Å²) in [6.45, 7) is 1.58. The van der Waals surface area contributed by atoms with E-state index in [9.17, 15) is 14.7 Å². The molecule has 88 valence electrons. The Balaban J connectivity index is 2.47. The van der Waals surface area contributed by atoms with E-state index in [1.165, 1.54) is 0 Å². The van der Waals surface area contributed by atoms with Gasteiger partial charge in [0.15, 0.2) is 0 Å². The molecule has 0 radical (unpaired) electrons. The number of carboxylic acid groups (broad SMARTS) is 1. The summed E-state index contributed by atoms with van der Waals surface area (Å²) in [6.07, 6.45) is 0. The van der Waals surface area contributed by atoms with Crippen LogP contribution in [-0.2, 0) is 4.79 Å². The van der Waals surface area contributed by atoms with Crippen LogP contribution in [0.2, 0.25) is 0 Å². The summed E-state index contributed by atoms with van der Waals surface area (Å²) in [7, 11) is 0. The second-order valence-electron chi connectivity index (χ2n) is 3.79. The van der Waals surface area contributed by atoms with E-state index in [0.717, 1.165) is 5.56 Å². The maximum atomic E-state index is 11.4. The van der Waals surface area contributed by atoms with Gasteiger partial charge in [0.25, 0.3) is 0 Å². The fourth-order valence-corrected chi connectivity index (χ4v) is 1.87. The number of allylic oxidation sites excluding steroid dienone is 1. The molecule has 3 N–H and O–H groups in total. The molecule has 2 rings (SSSR count). The molecule has 0 aromatic heterocycles. The van der Waals surface area contributed by atoms with Crippen LogP contribution >= 0.6 is 0 Å². The Labute approximate surface area is 98.1 Å². The number of hydrogen-bond donors (Lipinski definition) is 3. The first kappa shape index (κ1) is 11.2. The van der Waals surface area contributed by atoms with Crippen molar-refractivity contribution in [3.8, 4) is 0 Å². The molecular formula is C12H12N2O3. The van der Waals surface area contributed by atoms with Crippen LogP contribution in [0.15, 0.2) is 41.6 Å². The van der Waals surface area contributed by atoms with Gasteiger partial charge < -0.3 is 15.7 Å². The number of nitrogens with one attached hydrogen (secondary N) is 2. The van der Waals surface area contributed by atoms with Gasteiger partial charge in [-0.1, -0.05) is 30.3 Å². The first-order valence-corrected chi connectivity index (χ1v) is 5.16. The van der Waals surface area contributed by atoms with Crippen LogP contribution < -0.4 is 10.6 Å². The van der Waals surface area contributed by atoms with E-state index in [0.29, 0.717) is 5.70 Å². The molecule has 0 spiro atoms. The number of aliphatic carboxylic acids is 1. The van der Waals surface area contributed by atoms with Crippen LogP contribution in [-0.4, -0.2) is 17.1 Å². The van der Waals surface area contributed by atoms with E-state index in [1.54, 1.807) is 31.2 Å². The normalized spacial score (nSPS) is 19.6. The SMILES string of the molecule is CC1=C(C(=O)O)[C@H](c2ccccc2)NC(=O)N1. The maximum absolute atomic E-state index is 11.4. The van der Waals surface area contributed by atoms with Crippen molar-refractivity contribution >= 4 is 12.0 Å². The quantitative estimate of drug-likeness (QED) is 0.721. The number of urea groups is 1. The number of amides is 2. The Morgan fingerprint density at radius 2 is 1.94 bits per heavy atom. The van der Waals surface area contributed by atoms with Crippen molar-refractivity contribution in [1.82, 2.24) is 10.6 Å². The van der Waals surface area contributed by atoms with Gasteiger partial charge in [0.1, 0.15) is 0 Å². The molecule has 1 aliphatic rings.